The number of aryl methyl sites for hydroxylation is 1. The highest BCUT2D eigenvalue weighted by Crippen LogP contribution is 2.29. The second-order valence-corrected chi connectivity index (χ2v) is 4.81. The van der Waals surface area contributed by atoms with Crippen molar-refractivity contribution in [1.29, 1.82) is 5.26 Å². The lowest BCUT2D eigenvalue weighted by molar-refractivity contribution is 0.629. The van der Waals surface area contributed by atoms with E-state index in [-0.39, 0.29) is 18.2 Å². The van der Waals surface area contributed by atoms with Crippen LogP contribution in [0.3, 0.4) is 0 Å². The number of rotatable bonds is 2. The number of hydrogen-bond acceptors (Lipinski definition) is 3. The third-order valence-electron chi connectivity index (χ3n) is 3.24. The van der Waals surface area contributed by atoms with Gasteiger partial charge in [-0.2, -0.15) is 5.26 Å². The zero-order chi connectivity index (χ0) is 14.8. The number of benzene rings is 2. The van der Waals surface area contributed by atoms with Gasteiger partial charge in [0.2, 0.25) is 0 Å². The summed E-state index contributed by atoms with van der Waals surface area (Å²) in [6.45, 7) is 1.99. The zero-order valence-corrected chi connectivity index (χ0v) is 12.6. The van der Waals surface area contributed by atoms with Crippen LogP contribution in [-0.2, 0) is 0 Å². The van der Waals surface area contributed by atoms with Gasteiger partial charge in [-0.15, -0.1) is 12.4 Å². The summed E-state index contributed by atoms with van der Waals surface area (Å²) < 4.78 is 13.5. The quantitative estimate of drug-likeness (QED) is 0.744. The molecular weight excluding hydrogens is 301 g/mol. The lowest BCUT2D eigenvalue weighted by Crippen LogP contribution is -1.97. The van der Waals surface area contributed by atoms with Crippen LogP contribution >= 0.6 is 12.4 Å². The molecule has 0 radical (unpaired) electrons. The van der Waals surface area contributed by atoms with Crippen LogP contribution in [0.1, 0.15) is 11.1 Å². The molecule has 3 aromatic rings. The van der Waals surface area contributed by atoms with Crippen molar-refractivity contribution in [3.63, 3.8) is 0 Å². The summed E-state index contributed by atoms with van der Waals surface area (Å²) in [5.74, 6) is -0.355. The van der Waals surface area contributed by atoms with Crippen LogP contribution < -0.4 is 5.32 Å². The number of fused-ring (bicyclic) bond motifs is 1. The maximum Gasteiger partial charge on any atom is 0.124 e. The van der Waals surface area contributed by atoms with Crippen molar-refractivity contribution in [2.75, 3.05) is 5.32 Å². The highest BCUT2D eigenvalue weighted by atomic mass is 35.5. The predicted molar refractivity (Wildman–Crippen MR) is 88.1 cm³/mol. The van der Waals surface area contributed by atoms with E-state index in [9.17, 15) is 9.65 Å². The number of nitrogens with zero attached hydrogens (tertiary/aromatic N) is 2. The van der Waals surface area contributed by atoms with E-state index in [1.165, 1.54) is 18.3 Å². The molecule has 0 fully saturated rings. The van der Waals surface area contributed by atoms with E-state index in [1.807, 2.05) is 31.2 Å². The monoisotopic (exact) mass is 313 g/mol. The van der Waals surface area contributed by atoms with Gasteiger partial charge in [0.05, 0.1) is 16.8 Å². The number of aromatic nitrogens is 1. The second-order valence-electron chi connectivity index (χ2n) is 4.81. The topological polar surface area (TPSA) is 48.7 Å². The van der Waals surface area contributed by atoms with Crippen LogP contribution in [0, 0.1) is 24.1 Å². The van der Waals surface area contributed by atoms with Crippen molar-refractivity contribution in [2.45, 2.75) is 6.92 Å². The van der Waals surface area contributed by atoms with E-state index in [4.69, 9.17) is 0 Å². The van der Waals surface area contributed by atoms with Crippen LogP contribution in [0.15, 0.2) is 48.7 Å². The van der Waals surface area contributed by atoms with Gasteiger partial charge < -0.3 is 5.32 Å². The third kappa shape index (κ3) is 3.00. The molecule has 0 bridgehead atoms. The van der Waals surface area contributed by atoms with Gasteiger partial charge in [-0.25, -0.2) is 4.39 Å². The molecule has 5 heteroatoms. The Morgan fingerprint density at radius 2 is 2.00 bits per heavy atom. The molecule has 2 aromatic carbocycles. The van der Waals surface area contributed by atoms with Gasteiger partial charge in [0.15, 0.2) is 0 Å². The van der Waals surface area contributed by atoms with E-state index < -0.39 is 0 Å². The minimum absolute atomic E-state index is 0. The summed E-state index contributed by atoms with van der Waals surface area (Å²) >= 11 is 0. The molecule has 3 rings (SSSR count). The summed E-state index contributed by atoms with van der Waals surface area (Å²) in [4.78, 5) is 4.18. The molecule has 0 spiro atoms. The first-order chi connectivity index (χ1) is 10.2. The Labute approximate surface area is 133 Å². The molecule has 0 saturated heterocycles. The Kier molecular flexibility index (Phi) is 4.59. The Morgan fingerprint density at radius 3 is 2.73 bits per heavy atom. The summed E-state index contributed by atoms with van der Waals surface area (Å²) in [5, 5.41) is 13.1. The lowest BCUT2D eigenvalue weighted by Gasteiger charge is -2.12. The van der Waals surface area contributed by atoms with Crippen molar-refractivity contribution < 1.29 is 4.39 Å². The fraction of sp³-hybridized carbons (Fsp3) is 0.0588. The van der Waals surface area contributed by atoms with Crippen molar-refractivity contribution in [3.05, 3.63) is 65.6 Å². The van der Waals surface area contributed by atoms with Gasteiger partial charge in [0.25, 0.3) is 0 Å². The molecular formula is C17H13ClFN3. The van der Waals surface area contributed by atoms with Crippen LogP contribution in [0.5, 0.6) is 0 Å². The summed E-state index contributed by atoms with van der Waals surface area (Å²) in [7, 11) is 0. The molecule has 0 aliphatic rings. The molecule has 0 unspecified atom stereocenters. The number of halogens is 2. The molecule has 0 saturated carbocycles. The number of pyridine rings is 1. The number of hydrogen-bond donors (Lipinski definition) is 1. The predicted octanol–water partition coefficient (Wildman–Crippen LogP) is 4.72. The fourth-order valence-corrected chi connectivity index (χ4v) is 2.25. The van der Waals surface area contributed by atoms with E-state index in [2.05, 4.69) is 16.4 Å². The lowest BCUT2D eigenvalue weighted by atomic mass is 10.1. The average molecular weight is 314 g/mol. The Morgan fingerprint density at radius 1 is 1.18 bits per heavy atom. The first kappa shape index (κ1) is 15.7. The molecule has 1 aromatic heterocycles. The van der Waals surface area contributed by atoms with Gasteiger partial charge in [-0.3, -0.25) is 4.98 Å². The van der Waals surface area contributed by atoms with Crippen molar-refractivity contribution in [1.82, 2.24) is 4.98 Å². The first-order valence-electron chi connectivity index (χ1n) is 6.49. The minimum Gasteiger partial charge on any atom is -0.354 e. The minimum atomic E-state index is -0.355. The molecule has 1 N–H and O–H groups in total. The maximum absolute atomic E-state index is 13.5. The van der Waals surface area contributed by atoms with E-state index in [0.29, 0.717) is 22.2 Å². The highest BCUT2D eigenvalue weighted by molar-refractivity contribution is 5.95. The van der Waals surface area contributed by atoms with Crippen molar-refractivity contribution in [3.8, 4) is 6.07 Å². The number of nitriles is 1. The average Bonchev–Trinajstić information content (AvgIpc) is 2.48. The first-order valence-corrected chi connectivity index (χ1v) is 6.49. The van der Waals surface area contributed by atoms with Crippen LogP contribution in [0.25, 0.3) is 10.9 Å². The Bertz CT molecular complexity index is 871. The zero-order valence-electron chi connectivity index (χ0n) is 11.8. The second kappa shape index (κ2) is 6.42. The van der Waals surface area contributed by atoms with Crippen LogP contribution in [0.4, 0.5) is 15.8 Å². The summed E-state index contributed by atoms with van der Waals surface area (Å²) in [6.07, 6.45) is 1.50. The molecule has 0 aliphatic heterocycles. The van der Waals surface area contributed by atoms with E-state index in [0.717, 1.165) is 11.3 Å². The normalized spacial score (nSPS) is 9.86. The van der Waals surface area contributed by atoms with Crippen molar-refractivity contribution >= 4 is 34.7 Å². The Hall–Kier alpha value is -2.64. The molecule has 22 heavy (non-hydrogen) atoms. The van der Waals surface area contributed by atoms with Crippen molar-refractivity contribution in [2.24, 2.45) is 0 Å². The highest BCUT2D eigenvalue weighted by Gasteiger charge is 2.10. The van der Waals surface area contributed by atoms with Gasteiger partial charge in [0, 0.05) is 17.3 Å². The molecule has 3 nitrogen and oxygen atoms in total. The van der Waals surface area contributed by atoms with Crippen LogP contribution in [0.2, 0.25) is 0 Å². The van der Waals surface area contributed by atoms with Gasteiger partial charge in [0.1, 0.15) is 11.9 Å². The molecule has 0 amide bonds. The largest absolute Gasteiger partial charge is 0.354 e. The molecule has 110 valence electrons. The van der Waals surface area contributed by atoms with E-state index >= 15 is 0 Å². The molecule has 0 aliphatic carbocycles. The smallest absolute Gasteiger partial charge is 0.124 e. The summed E-state index contributed by atoms with van der Waals surface area (Å²) in [6, 6.07) is 14.2. The van der Waals surface area contributed by atoms with E-state index in [1.54, 1.807) is 6.07 Å². The van der Waals surface area contributed by atoms with Gasteiger partial charge in [-0.1, -0.05) is 12.1 Å². The summed E-state index contributed by atoms with van der Waals surface area (Å²) in [5.41, 5.74) is 3.55. The standard InChI is InChI=1S/C17H12FN3.ClH/c1-11-3-2-4-14(7-11)21-17-12(9-19)10-20-16-6-5-13(18)8-15(16)17;/h2-8,10H,1H3,(H,20,21);1H. The number of nitrogens with one attached hydrogen (secondary N) is 1. The Balaban J connectivity index is 0.00000176. The SMILES string of the molecule is Cc1cccc(Nc2c(C#N)cnc3ccc(F)cc23)c1.Cl. The van der Waals surface area contributed by atoms with Gasteiger partial charge >= 0.3 is 0 Å². The fourth-order valence-electron chi connectivity index (χ4n) is 2.25. The molecule has 1 heterocycles. The molecule has 0 atom stereocenters. The maximum atomic E-state index is 13.5. The van der Waals surface area contributed by atoms with Gasteiger partial charge in [-0.05, 0) is 42.8 Å². The number of anilines is 2. The van der Waals surface area contributed by atoms with Crippen LogP contribution in [-0.4, -0.2) is 4.98 Å². The third-order valence-corrected chi connectivity index (χ3v) is 3.24.